The van der Waals surface area contributed by atoms with Gasteiger partial charge in [0.1, 0.15) is 5.82 Å². The van der Waals surface area contributed by atoms with Gasteiger partial charge in [0.05, 0.1) is 12.2 Å². The molecule has 1 aliphatic heterocycles. The second kappa shape index (κ2) is 6.89. The largest absolute Gasteiger partial charge is 0.375 e. The summed E-state index contributed by atoms with van der Waals surface area (Å²) in [7, 11) is 0. The predicted octanol–water partition coefficient (Wildman–Crippen LogP) is 3.71. The first kappa shape index (κ1) is 16.4. The van der Waals surface area contributed by atoms with Crippen molar-refractivity contribution in [2.45, 2.75) is 59.3 Å². The molecule has 0 aliphatic carbocycles. The number of nitrogens with one attached hydrogen (secondary N) is 1. The Kier molecular flexibility index (Phi) is 5.39. The van der Waals surface area contributed by atoms with Crippen LogP contribution in [0.3, 0.4) is 0 Å². The summed E-state index contributed by atoms with van der Waals surface area (Å²) in [6.07, 6.45) is 1.50. The van der Waals surface area contributed by atoms with Gasteiger partial charge in [0, 0.05) is 12.0 Å². The van der Waals surface area contributed by atoms with Crippen LogP contribution in [-0.4, -0.2) is 24.8 Å². The molecule has 1 aromatic carbocycles. The van der Waals surface area contributed by atoms with Crippen molar-refractivity contribution >= 4 is 0 Å². The van der Waals surface area contributed by atoms with Crippen LogP contribution in [0.25, 0.3) is 0 Å². The molecule has 1 fully saturated rings. The minimum absolute atomic E-state index is 0.157. The average Bonchev–Trinajstić information content (AvgIpc) is 2.66. The van der Waals surface area contributed by atoms with E-state index in [4.69, 9.17) is 4.74 Å². The highest BCUT2D eigenvalue weighted by atomic mass is 19.1. The molecule has 0 saturated carbocycles. The molecule has 2 rings (SSSR count). The van der Waals surface area contributed by atoms with Crippen LogP contribution in [0, 0.1) is 24.6 Å². The Balaban J connectivity index is 2.19. The molecule has 1 saturated heterocycles. The van der Waals surface area contributed by atoms with Gasteiger partial charge in [-0.15, -0.1) is 0 Å². The topological polar surface area (TPSA) is 21.3 Å². The molecule has 1 N–H and O–H groups in total. The van der Waals surface area contributed by atoms with E-state index in [0.717, 1.165) is 18.5 Å². The number of aryl methyl sites for hydroxylation is 1. The van der Waals surface area contributed by atoms with E-state index in [-0.39, 0.29) is 11.9 Å². The number of ether oxygens (including phenoxy) is 1. The summed E-state index contributed by atoms with van der Waals surface area (Å²) in [5.41, 5.74) is 2.26. The molecule has 0 radical (unpaired) electrons. The van der Waals surface area contributed by atoms with Crippen molar-refractivity contribution in [3.63, 3.8) is 0 Å². The number of halogens is 1. The van der Waals surface area contributed by atoms with Gasteiger partial charge in [-0.1, -0.05) is 19.9 Å². The SMILES string of the molecule is CCNC(Cc1ccc(F)cc1C)C1C(C)OC(C)C1C. The number of likely N-dealkylation sites (N-methyl/N-ethyl adjacent to an activating group) is 1. The Morgan fingerprint density at radius 1 is 1.24 bits per heavy atom. The summed E-state index contributed by atoms with van der Waals surface area (Å²) in [5, 5.41) is 3.62. The van der Waals surface area contributed by atoms with E-state index >= 15 is 0 Å². The van der Waals surface area contributed by atoms with Gasteiger partial charge in [0.15, 0.2) is 0 Å². The van der Waals surface area contributed by atoms with E-state index in [2.05, 4.69) is 33.0 Å². The Hall–Kier alpha value is -0.930. The average molecular weight is 293 g/mol. The molecule has 1 aliphatic rings. The lowest BCUT2D eigenvalue weighted by molar-refractivity contribution is 0.0476. The molecule has 3 heteroatoms. The van der Waals surface area contributed by atoms with Gasteiger partial charge >= 0.3 is 0 Å². The molecule has 0 aromatic heterocycles. The third kappa shape index (κ3) is 3.64. The van der Waals surface area contributed by atoms with Crippen molar-refractivity contribution in [2.75, 3.05) is 6.54 Å². The minimum Gasteiger partial charge on any atom is -0.375 e. The van der Waals surface area contributed by atoms with Crippen molar-refractivity contribution in [3.05, 3.63) is 35.1 Å². The molecule has 5 unspecified atom stereocenters. The summed E-state index contributed by atoms with van der Waals surface area (Å²) in [4.78, 5) is 0. The summed E-state index contributed by atoms with van der Waals surface area (Å²) in [6.45, 7) is 11.7. The van der Waals surface area contributed by atoms with Crippen molar-refractivity contribution in [1.29, 1.82) is 0 Å². The van der Waals surface area contributed by atoms with Crippen LogP contribution < -0.4 is 5.32 Å². The molecule has 0 amide bonds. The highest BCUT2D eigenvalue weighted by Crippen LogP contribution is 2.35. The molecule has 1 heterocycles. The molecule has 5 atom stereocenters. The maximum atomic E-state index is 13.3. The molecule has 118 valence electrons. The molecular formula is C18H28FNO. The molecule has 1 aromatic rings. The molecule has 2 nitrogen and oxygen atoms in total. The summed E-state index contributed by atoms with van der Waals surface area (Å²) >= 11 is 0. The highest BCUT2D eigenvalue weighted by Gasteiger charge is 2.41. The Bertz CT molecular complexity index is 476. The first-order chi connectivity index (χ1) is 9.93. The first-order valence-electron chi connectivity index (χ1n) is 8.07. The summed E-state index contributed by atoms with van der Waals surface area (Å²) in [6, 6.07) is 5.48. The molecule has 21 heavy (non-hydrogen) atoms. The standard InChI is InChI=1S/C18H28FNO/c1-6-20-17(18-12(3)13(4)21-14(18)5)10-15-7-8-16(19)9-11(15)2/h7-9,12-14,17-18,20H,6,10H2,1-5H3. The molecule has 0 spiro atoms. The van der Waals surface area contributed by atoms with E-state index in [1.165, 1.54) is 5.56 Å². The lowest BCUT2D eigenvalue weighted by atomic mass is 9.80. The van der Waals surface area contributed by atoms with Crippen LogP contribution in [-0.2, 0) is 11.2 Å². The van der Waals surface area contributed by atoms with Gasteiger partial charge in [0.25, 0.3) is 0 Å². The number of rotatable bonds is 5. The van der Waals surface area contributed by atoms with Crippen LogP contribution in [0.2, 0.25) is 0 Å². The van der Waals surface area contributed by atoms with Gasteiger partial charge in [0.2, 0.25) is 0 Å². The van der Waals surface area contributed by atoms with Gasteiger partial charge in [-0.2, -0.15) is 0 Å². The van der Waals surface area contributed by atoms with Gasteiger partial charge in [-0.3, -0.25) is 0 Å². The second-order valence-electron chi connectivity index (χ2n) is 6.42. The Labute approximate surface area is 128 Å². The maximum Gasteiger partial charge on any atom is 0.123 e. The van der Waals surface area contributed by atoms with Gasteiger partial charge < -0.3 is 10.1 Å². The van der Waals surface area contributed by atoms with Crippen LogP contribution >= 0.6 is 0 Å². The van der Waals surface area contributed by atoms with Gasteiger partial charge in [-0.25, -0.2) is 4.39 Å². The van der Waals surface area contributed by atoms with Crippen LogP contribution in [0.1, 0.15) is 38.8 Å². The number of hydrogen-bond donors (Lipinski definition) is 1. The van der Waals surface area contributed by atoms with Crippen LogP contribution in [0.4, 0.5) is 4.39 Å². The first-order valence-corrected chi connectivity index (χ1v) is 8.07. The van der Waals surface area contributed by atoms with E-state index in [1.54, 1.807) is 12.1 Å². The lowest BCUT2D eigenvalue weighted by Crippen LogP contribution is -2.43. The van der Waals surface area contributed by atoms with E-state index < -0.39 is 0 Å². The zero-order valence-corrected chi connectivity index (χ0v) is 13.8. The van der Waals surface area contributed by atoms with Crippen molar-refractivity contribution in [1.82, 2.24) is 5.32 Å². The second-order valence-corrected chi connectivity index (χ2v) is 6.42. The lowest BCUT2D eigenvalue weighted by Gasteiger charge is -2.30. The Morgan fingerprint density at radius 2 is 1.95 bits per heavy atom. The zero-order valence-electron chi connectivity index (χ0n) is 13.8. The normalized spacial score (nSPS) is 30.6. The third-order valence-electron chi connectivity index (χ3n) is 4.99. The Morgan fingerprint density at radius 3 is 2.48 bits per heavy atom. The van der Waals surface area contributed by atoms with E-state index in [1.807, 2.05) is 13.0 Å². The minimum atomic E-state index is -0.157. The van der Waals surface area contributed by atoms with Crippen molar-refractivity contribution in [3.8, 4) is 0 Å². The van der Waals surface area contributed by atoms with Crippen LogP contribution in [0.5, 0.6) is 0 Å². The fourth-order valence-electron chi connectivity index (χ4n) is 3.72. The molecular weight excluding hydrogens is 265 g/mol. The number of hydrogen-bond acceptors (Lipinski definition) is 2. The monoisotopic (exact) mass is 293 g/mol. The zero-order chi connectivity index (χ0) is 15.6. The number of benzene rings is 1. The predicted molar refractivity (Wildman–Crippen MR) is 85.0 cm³/mol. The van der Waals surface area contributed by atoms with E-state index in [9.17, 15) is 4.39 Å². The summed E-state index contributed by atoms with van der Waals surface area (Å²) in [5.74, 6) is 0.866. The fourth-order valence-corrected chi connectivity index (χ4v) is 3.72. The smallest absolute Gasteiger partial charge is 0.123 e. The highest BCUT2D eigenvalue weighted by molar-refractivity contribution is 5.27. The quantitative estimate of drug-likeness (QED) is 0.893. The third-order valence-corrected chi connectivity index (χ3v) is 4.99. The maximum absolute atomic E-state index is 13.3. The van der Waals surface area contributed by atoms with Crippen molar-refractivity contribution < 1.29 is 9.13 Å². The fraction of sp³-hybridized carbons (Fsp3) is 0.667. The van der Waals surface area contributed by atoms with Crippen LogP contribution in [0.15, 0.2) is 18.2 Å². The molecule has 0 bridgehead atoms. The van der Waals surface area contributed by atoms with Gasteiger partial charge in [-0.05, 0) is 62.9 Å². The summed E-state index contributed by atoms with van der Waals surface area (Å²) < 4.78 is 19.3. The van der Waals surface area contributed by atoms with Crippen molar-refractivity contribution in [2.24, 2.45) is 11.8 Å². The van der Waals surface area contributed by atoms with E-state index in [0.29, 0.717) is 24.0 Å².